The number of hydrogen-bond acceptors (Lipinski definition) is 2. The van der Waals surface area contributed by atoms with Crippen molar-refractivity contribution in [2.24, 2.45) is 5.92 Å². The topological polar surface area (TPSA) is 21.3 Å². The van der Waals surface area contributed by atoms with Crippen LogP contribution in [0.5, 0.6) is 0 Å². The lowest BCUT2D eigenvalue weighted by Crippen LogP contribution is -2.36. The van der Waals surface area contributed by atoms with E-state index in [4.69, 9.17) is 4.74 Å². The Morgan fingerprint density at radius 3 is 2.44 bits per heavy atom. The number of nitrogens with one attached hydrogen (secondary N) is 1. The normalized spacial score (nSPS) is 18.6. The third-order valence-corrected chi connectivity index (χ3v) is 3.89. The van der Waals surface area contributed by atoms with Crippen molar-refractivity contribution in [3.8, 4) is 0 Å². The van der Waals surface area contributed by atoms with E-state index < -0.39 is 0 Å². The van der Waals surface area contributed by atoms with Gasteiger partial charge in [0.05, 0.1) is 6.61 Å². The lowest BCUT2D eigenvalue weighted by Gasteiger charge is -2.23. The zero-order chi connectivity index (χ0) is 13.0. The van der Waals surface area contributed by atoms with Crippen LogP contribution >= 0.6 is 0 Å². The fourth-order valence-corrected chi connectivity index (χ4v) is 2.46. The first-order valence-electron chi connectivity index (χ1n) is 7.08. The zero-order valence-electron chi connectivity index (χ0n) is 11.8. The van der Waals surface area contributed by atoms with Gasteiger partial charge in [-0.1, -0.05) is 31.2 Å². The van der Waals surface area contributed by atoms with Gasteiger partial charge in [-0.25, -0.2) is 0 Å². The molecule has 1 aromatic rings. The van der Waals surface area contributed by atoms with Crippen LogP contribution in [-0.4, -0.2) is 19.8 Å². The second kappa shape index (κ2) is 6.35. The van der Waals surface area contributed by atoms with Gasteiger partial charge in [0.25, 0.3) is 0 Å². The third kappa shape index (κ3) is 3.56. The van der Waals surface area contributed by atoms with Crippen LogP contribution < -0.4 is 5.32 Å². The predicted molar refractivity (Wildman–Crippen MR) is 75.8 cm³/mol. The fraction of sp³-hybridized carbons (Fsp3) is 0.625. The van der Waals surface area contributed by atoms with Gasteiger partial charge in [0.1, 0.15) is 0 Å². The number of hydrogen-bond donors (Lipinski definition) is 1. The molecule has 0 spiro atoms. The van der Waals surface area contributed by atoms with Gasteiger partial charge in [0, 0.05) is 19.2 Å². The van der Waals surface area contributed by atoms with E-state index >= 15 is 0 Å². The summed E-state index contributed by atoms with van der Waals surface area (Å²) < 4.78 is 5.32. The maximum absolute atomic E-state index is 5.32. The molecule has 1 aliphatic rings. The van der Waals surface area contributed by atoms with Crippen LogP contribution in [0.3, 0.4) is 0 Å². The molecule has 1 saturated carbocycles. The van der Waals surface area contributed by atoms with E-state index in [9.17, 15) is 0 Å². The van der Waals surface area contributed by atoms with E-state index in [0.717, 1.165) is 18.9 Å². The van der Waals surface area contributed by atoms with E-state index in [0.29, 0.717) is 12.1 Å². The van der Waals surface area contributed by atoms with Crippen LogP contribution in [0.4, 0.5) is 0 Å². The SMILES string of the molecule is CCc1ccc(C(C)NC(COC)C2CC2)cc1. The van der Waals surface area contributed by atoms with Gasteiger partial charge in [-0.3, -0.25) is 0 Å². The van der Waals surface area contributed by atoms with Crippen LogP contribution in [0.2, 0.25) is 0 Å². The Bertz CT molecular complexity index is 356. The van der Waals surface area contributed by atoms with Crippen molar-refractivity contribution in [1.82, 2.24) is 5.32 Å². The molecule has 0 aliphatic heterocycles. The van der Waals surface area contributed by atoms with Crippen molar-refractivity contribution >= 4 is 0 Å². The van der Waals surface area contributed by atoms with E-state index in [1.165, 1.54) is 24.0 Å². The highest BCUT2D eigenvalue weighted by Gasteiger charge is 2.31. The third-order valence-electron chi connectivity index (χ3n) is 3.89. The highest BCUT2D eigenvalue weighted by molar-refractivity contribution is 5.24. The van der Waals surface area contributed by atoms with Crippen LogP contribution in [0.25, 0.3) is 0 Å². The molecule has 2 atom stereocenters. The average Bonchev–Trinajstić information content (AvgIpc) is 3.22. The molecule has 18 heavy (non-hydrogen) atoms. The van der Waals surface area contributed by atoms with Crippen LogP contribution in [0.15, 0.2) is 24.3 Å². The standard InChI is InChI=1S/C16H25NO/c1-4-13-5-7-14(8-6-13)12(2)17-16(11-18-3)15-9-10-15/h5-8,12,15-17H,4,9-11H2,1-3H3. The van der Waals surface area contributed by atoms with Crippen molar-refractivity contribution in [1.29, 1.82) is 0 Å². The van der Waals surface area contributed by atoms with Crippen molar-refractivity contribution in [2.45, 2.75) is 45.2 Å². The van der Waals surface area contributed by atoms with Crippen molar-refractivity contribution in [3.63, 3.8) is 0 Å². The maximum atomic E-state index is 5.32. The Morgan fingerprint density at radius 1 is 1.28 bits per heavy atom. The van der Waals surface area contributed by atoms with Gasteiger partial charge in [-0.15, -0.1) is 0 Å². The number of rotatable bonds is 7. The molecule has 0 bridgehead atoms. The van der Waals surface area contributed by atoms with Gasteiger partial charge in [-0.2, -0.15) is 0 Å². The Hall–Kier alpha value is -0.860. The molecule has 0 radical (unpaired) electrons. The summed E-state index contributed by atoms with van der Waals surface area (Å²) in [6.07, 6.45) is 3.81. The molecule has 0 amide bonds. The molecular weight excluding hydrogens is 222 g/mol. The minimum atomic E-state index is 0.400. The van der Waals surface area contributed by atoms with Gasteiger partial charge < -0.3 is 10.1 Å². The molecule has 0 aromatic heterocycles. The van der Waals surface area contributed by atoms with Gasteiger partial charge in [0.2, 0.25) is 0 Å². The molecule has 0 saturated heterocycles. The maximum Gasteiger partial charge on any atom is 0.0618 e. The first-order chi connectivity index (χ1) is 8.74. The quantitative estimate of drug-likeness (QED) is 0.798. The average molecular weight is 247 g/mol. The van der Waals surface area contributed by atoms with Gasteiger partial charge >= 0.3 is 0 Å². The molecule has 1 N–H and O–H groups in total. The van der Waals surface area contributed by atoms with E-state index in [1.54, 1.807) is 7.11 Å². The minimum Gasteiger partial charge on any atom is -0.383 e. The lowest BCUT2D eigenvalue weighted by atomic mass is 10.0. The number of aryl methyl sites for hydroxylation is 1. The molecule has 1 aliphatic carbocycles. The predicted octanol–water partition coefficient (Wildman–Crippen LogP) is 3.32. The second-order valence-corrected chi connectivity index (χ2v) is 5.38. The minimum absolute atomic E-state index is 0.400. The molecule has 2 nitrogen and oxygen atoms in total. The first kappa shape index (κ1) is 13.6. The number of ether oxygens (including phenoxy) is 1. The smallest absolute Gasteiger partial charge is 0.0618 e. The van der Waals surface area contributed by atoms with Gasteiger partial charge in [-0.05, 0) is 43.2 Å². The highest BCUT2D eigenvalue weighted by atomic mass is 16.5. The first-order valence-corrected chi connectivity index (χ1v) is 7.08. The summed E-state index contributed by atoms with van der Waals surface area (Å²) in [6.45, 7) is 5.26. The van der Waals surface area contributed by atoms with Gasteiger partial charge in [0.15, 0.2) is 0 Å². The monoisotopic (exact) mass is 247 g/mol. The molecule has 100 valence electrons. The molecule has 2 rings (SSSR count). The summed E-state index contributed by atoms with van der Waals surface area (Å²) in [5, 5.41) is 3.71. The molecule has 1 aromatic carbocycles. The van der Waals surface area contributed by atoms with E-state index in [2.05, 4.69) is 43.4 Å². The van der Waals surface area contributed by atoms with Crippen LogP contribution in [0, 0.1) is 5.92 Å². The summed E-state index contributed by atoms with van der Waals surface area (Å²) in [5.74, 6) is 0.822. The Labute approximate surface area is 111 Å². The molecule has 2 unspecified atom stereocenters. The molecule has 0 heterocycles. The second-order valence-electron chi connectivity index (χ2n) is 5.38. The van der Waals surface area contributed by atoms with E-state index in [-0.39, 0.29) is 0 Å². The Morgan fingerprint density at radius 2 is 1.94 bits per heavy atom. The lowest BCUT2D eigenvalue weighted by molar-refractivity contribution is 0.152. The van der Waals surface area contributed by atoms with Crippen molar-refractivity contribution in [2.75, 3.05) is 13.7 Å². The molecule has 2 heteroatoms. The van der Waals surface area contributed by atoms with E-state index in [1.807, 2.05) is 0 Å². The zero-order valence-corrected chi connectivity index (χ0v) is 11.8. The Kier molecular flexibility index (Phi) is 4.79. The Balaban J connectivity index is 1.94. The summed E-state index contributed by atoms with van der Waals surface area (Å²) in [6, 6.07) is 9.86. The summed E-state index contributed by atoms with van der Waals surface area (Å²) >= 11 is 0. The van der Waals surface area contributed by atoms with Crippen LogP contribution in [-0.2, 0) is 11.2 Å². The summed E-state index contributed by atoms with van der Waals surface area (Å²) in [7, 11) is 1.79. The fourth-order valence-electron chi connectivity index (χ4n) is 2.46. The molecular formula is C16H25NO. The summed E-state index contributed by atoms with van der Waals surface area (Å²) in [5.41, 5.74) is 2.77. The number of methoxy groups -OCH3 is 1. The summed E-state index contributed by atoms with van der Waals surface area (Å²) in [4.78, 5) is 0. The highest BCUT2D eigenvalue weighted by Crippen LogP contribution is 2.33. The van der Waals surface area contributed by atoms with Crippen LogP contribution in [0.1, 0.15) is 43.9 Å². The van der Waals surface area contributed by atoms with Crippen molar-refractivity contribution < 1.29 is 4.74 Å². The van der Waals surface area contributed by atoms with Crippen molar-refractivity contribution in [3.05, 3.63) is 35.4 Å². The largest absolute Gasteiger partial charge is 0.383 e. The number of benzene rings is 1. The molecule has 1 fully saturated rings.